The van der Waals surface area contributed by atoms with E-state index in [4.69, 9.17) is 4.74 Å². The van der Waals surface area contributed by atoms with Gasteiger partial charge in [-0.3, -0.25) is 4.79 Å². The molecule has 9 heteroatoms. The number of amides is 1. The molecule has 6 nitrogen and oxygen atoms in total. The minimum Gasteiger partial charge on any atom is -0.366 e. The summed E-state index contributed by atoms with van der Waals surface area (Å²) in [6.07, 6.45) is 1.84. The van der Waals surface area contributed by atoms with Gasteiger partial charge in [0.1, 0.15) is 17.7 Å². The zero-order valence-electron chi connectivity index (χ0n) is 12.9. The zero-order chi connectivity index (χ0) is 17.3. The van der Waals surface area contributed by atoms with Gasteiger partial charge in [0.05, 0.1) is 6.61 Å². The molecule has 1 atom stereocenters. The number of carbonyl (C=O) groups excluding carboxylic acids is 1. The molecule has 0 bridgehead atoms. The first-order valence-electron chi connectivity index (χ1n) is 7.76. The van der Waals surface area contributed by atoms with E-state index in [-0.39, 0.29) is 25.7 Å². The van der Waals surface area contributed by atoms with Crippen LogP contribution in [-0.4, -0.2) is 50.5 Å². The molecular weight excluding hydrogens is 342 g/mol. The molecule has 0 radical (unpaired) electrons. The van der Waals surface area contributed by atoms with Crippen LogP contribution in [0.15, 0.2) is 23.1 Å². The number of hydrogen-bond donors (Lipinski definition) is 1. The van der Waals surface area contributed by atoms with Crippen molar-refractivity contribution >= 4 is 15.9 Å². The Bertz CT molecular complexity index is 717. The SMILES string of the molecule is O=C(NC1CCC1)[C@@H]1CN(S(=O)(=O)c2c(F)cccc2F)CCO1. The van der Waals surface area contributed by atoms with Gasteiger partial charge in [0.25, 0.3) is 5.91 Å². The average molecular weight is 360 g/mol. The molecule has 1 aliphatic carbocycles. The Morgan fingerprint density at radius 2 is 1.92 bits per heavy atom. The molecule has 1 aliphatic heterocycles. The molecule has 1 heterocycles. The van der Waals surface area contributed by atoms with Crippen molar-refractivity contribution in [3.63, 3.8) is 0 Å². The summed E-state index contributed by atoms with van der Waals surface area (Å²) < 4.78 is 59.0. The highest BCUT2D eigenvalue weighted by molar-refractivity contribution is 7.89. The molecule has 132 valence electrons. The molecule has 0 aromatic heterocycles. The van der Waals surface area contributed by atoms with Crippen molar-refractivity contribution in [1.29, 1.82) is 0 Å². The maximum Gasteiger partial charge on any atom is 0.250 e. The predicted molar refractivity (Wildman–Crippen MR) is 80.6 cm³/mol. The summed E-state index contributed by atoms with van der Waals surface area (Å²) >= 11 is 0. The van der Waals surface area contributed by atoms with E-state index in [1.54, 1.807) is 0 Å². The lowest BCUT2D eigenvalue weighted by Gasteiger charge is -2.33. The van der Waals surface area contributed by atoms with Crippen molar-refractivity contribution in [2.24, 2.45) is 0 Å². The smallest absolute Gasteiger partial charge is 0.250 e. The van der Waals surface area contributed by atoms with Gasteiger partial charge in [-0.05, 0) is 31.4 Å². The van der Waals surface area contributed by atoms with Gasteiger partial charge >= 0.3 is 0 Å². The first-order chi connectivity index (χ1) is 11.4. The van der Waals surface area contributed by atoms with Gasteiger partial charge < -0.3 is 10.1 Å². The molecule has 0 spiro atoms. The largest absolute Gasteiger partial charge is 0.366 e. The third kappa shape index (κ3) is 3.28. The van der Waals surface area contributed by atoms with Crippen LogP contribution in [0.2, 0.25) is 0 Å². The number of ether oxygens (including phenoxy) is 1. The molecule has 1 saturated heterocycles. The monoisotopic (exact) mass is 360 g/mol. The summed E-state index contributed by atoms with van der Waals surface area (Å²) in [5, 5.41) is 2.79. The number of halogens is 2. The summed E-state index contributed by atoms with van der Waals surface area (Å²) in [4.78, 5) is 11.1. The van der Waals surface area contributed by atoms with Crippen LogP contribution in [0.25, 0.3) is 0 Å². The van der Waals surface area contributed by atoms with E-state index < -0.39 is 38.6 Å². The number of morpholine rings is 1. The van der Waals surface area contributed by atoms with E-state index >= 15 is 0 Å². The van der Waals surface area contributed by atoms with E-state index in [0.717, 1.165) is 41.8 Å². The third-order valence-electron chi connectivity index (χ3n) is 4.29. The van der Waals surface area contributed by atoms with Crippen LogP contribution in [-0.2, 0) is 19.6 Å². The Labute approximate surface area is 138 Å². The minimum atomic E-state index is -4.39. The van der Waals surface area contributed by atoms with Crippen molar-refractivity contribution in [2.45, 2.75) is 36.3 Å². The van der Waals surface area contributed by atoms with Crippen LogP contribution in [0.4, 0.5) is 8.78 Å². The lowest BCUT2D eigenvalue weighted by atomic mass is 9.93. The fourth-order valence-corrected chi connectivity index (χ4v) is 4.24. The maximum atomic E-state index is 13.8. The number of rotatable bonds is 4. The number of nitrogens with one attached hydrogen (secondary N) is 1. The van der Waals surface area contributed by atoms with Gasteiger partial charge in [0.15, 0.2) is 4.90 Å². The van der Waals surface area contributed by atoms with Crippen LogP contribution in [0.5, 0.6) is 0 Å². The summed E-state index contributed by atoms with van der Waals surface area (Å²) in [6, 6.07) is 2.96. The lowest BCUT2D eigenvalue weighted by Crippen LogP contribution is -2.54. The van der Waals surface area contributed by atoms with Gasteiger partial charge in [0, 0.05) is 19.1 Å². The highest BCUT2D eigenvalue weighted by Crippen LogP contribution is 2.24. The van der Waals surface area contributed by atoms with E-state index in [2.05, 4.69) is 5.32 Å². The van der Waals surface area contributed by atoms with Gasteiger partial charge in [0.2, 0.25) is 10.0 Å². The number of benzene rings is 1. The molecule has 2 fully saturated rings. The van der Waals surface area contributed by atoms with Crippen molar-refractivity contribution < 1.29 is 26.7 Å². The van der Waals surface area contributed by atoms with Gasteiger partial charge in [-0.25, -0.2) is 17.2 Å². The summed E-state index contributed by atoms with van der Waals surface area (Å²) in [5.74, 6) is -2.71. The third-order valence-corrected chi connectivity index (χ3v) is 6.21. The van der Waals surface area contributed by atoms with Gasteiger partial charge in [-0.1, -0.05) is 6.07 Å². The topological polar surface area (TPSA) is 75.7 Å². The van der Waals surface area contributed by atoms with Crippen molar-refractivity contribution in [1.82, 2.24) is 9.62 Å². The Balaban J connectivity index is 1.77. The second kappa shape index (κ2) is 6.73. The summed E-state index contributed by atoms with van der Waals surface area (Å²) in [5.41, 5.74) is 0. The molecule has 1 aromatic rings. The number of hydrogen-bond acceptors (Lipinski definition) is 4. The Morgan fingerprint density at radius 3 is 2.50 bits per heavy atom. The van der Waals surface area contributed by atoms with Gasteiger partial charge in [-0.2, -0.15) is 4.31 Å². The van der Waals surface area contributed by atoms with E-state index in [1.165, 1.54) is 0 Å². The van der Waals surface area contributed by atoms with Gasteiger partial charge in [-0.15, -0.1) is 0 Å². The quantitative estimate of drug-likeness (QED) is 0.870. The summed E-state index contributed by atoms with van der Waals surface area (Å²) in [6.45, 7) is -0.351. The molecule has 0 unspecified atom stereocenters. The lowest BCUT2D eigenvalue weighted by molar-refractivity contribution is -0.137. The Morgan fingerprint density at radius 1 is 1.25 bits per heavy atom. The first-order valence-corrected chi connectivity index (χ1v) is 9.20. The van der Waals surface area contributed by atoms with E-state index in [0.29, 0.717) is 0 Å². The van der Waals surface area contributed by atoms with Crippen LogP contribution < -0.4 is 5.32 Å². The first kappa shape index (κ1) is 17.2. The van der Waals surface area contributed by atoms with Crippen molar-refractivity contribution in [3.8, 4) is 0 Å². The Hall–Kier alpha value is -1.58. The molecule has 1 amide bonds. The molecule has 1 aromatic carbocycles. The number of sulfonamides is 1. The number of carbonyl (C=O) groups is 1. The van der Waals surface area contributed by atoms with Crippen LogP contribution in [0, 0.1) is 11.6 Å². The predicted octanol–water partition coefficient (Wildman–Crippen LogP) is 1.02. The average Bonchev–Trinajstić information content (AvgIpc) is 2.50. The van der Waals surface area contributed by atoms with E-state index in [9.17, 15) is 22.0 Å². The van der Waals surface area contributed by atoms with E-state index in [1.807, 2.05) is 0 Å². The molecule has 2 aliphatic rings. The van der Waals surface area contributed by atoms with Crippen molar-refractivity contribution in [3.05, 3.63) is 29.8 Å². The number of nitrogens with zero attached hydrogens (tertiary/aromatic N) is 1. The van der Waals surface area contributed by atoms with Crippen LogP contribution in [0.3, 0.4) is 0 Å². The molecular formula is C15H18F2N2O4S. The molecule has 3 rings (SSSR count). The second-order valence-electron chi connectivity index (χ2n) is 5.91. The zero-order valence-corrected chi connectivity index (χ0v) is 13.7. The normalized spacial score (nSPS) is 22.8. The fraction of sp³-hybridized carbons (Fsp3) is 0.533. The maximum absolute atomic E-state index is 13.8. The van der Waals surface area contributed by atoms with Crippen molar-refractivity contribution in [2.75, 3.05) is 19.7 Å². The highest BCUT2D eigenvalue weighted by atomic mass is 32.2. The molecule has 24 heavy (non-hydrogen) atoms. The molecule has 1 N–H and O–H groups in total. The molecule has 1 saturated carbocycles. The fourth-order valence-electron chi connectivity index (χ4n) is 2.71. The Kier molecular flexibility index (Phi) is 4.84. The van der Waals surface area contributed by atoms with Crippen LogP contribution >= 0.6 is 0 Å². The standard InChI is InChI=1S/C15H18F2N2O4S/c16-11-5-2-6-12(17)14(11)24(21,22)19-7-8-23-13(9-19)15(20)18-10-3-1-4-10/h2,5-6,10,13H,1,3-4,7-9H2,(H,18,20)/t13-/m0/s1. The summed E-state index contributed by atoms with van der Waals surface area (Å²) in [7, 11) is -4.39. The van der Waals surface area contributed by atoms with Crippen LogP contribution in [0.1, 0.15) is 19.3 Å². The highest BCUT2D eigenvalue weighted by Gasteiger charge is 2.37. The second-order valence-corrected chi connectivity index (χ2v) is 7.78. The minimum absolute atomic E-state index is 0.0158.